The van der Waals surface area contributed by atoms with Crippen LogP contribution in [0.15, 0.2) is 12.2 Å². The van der Waals surface area contributed by atoms with E-state index in [0.29, 0.717) is 18.7 Å². The maximum Gasteiger partial charge on any atom is 0.333 e. The molecule has 0 heterocycles. The molecule has 0 fully saturated rings. The van der Waals surface area contributed by atoms with Gasteiger partial charge in [0.1, 0.15) is 0 Å². The summed E-state index contributed by atoms with van der Waals surface area (Å²) in [6.45, 7) is 6.20. The Bertz CT molecular complexity index is 384. The molecule has 0 aromatic rings. The van der Waals surface area contributed by atoms with E-state index in [-0.39, 0.29) is 12.1 Å². The molecular weight excluding hydrogens is 362 g/mol. The van der Waals surface area contributed by atoms with E-state index < -0.39 is 0 Å². The van der Waals surface area contributed by atoms with Crippen LogP contribution in [0, 0.1) is 0 Å². The molecule has 0 spiro atoms. The summed E-state index contributed by atoms with van der Waals surface area (Å²) in [5, 5.41) is 9.39. The van der Waals surface area contributed by atoms with E-state index in [4.69, 9.17) is 10.5 Å². The summed E-state index contributed by atoms with van der Waals surface area (Å²) in [6.07, 6.45) is 22.6. The van der Waals surface area contributed by atoms with E-state index in [1.54, 1.807) is 6.92 Å². The molecule has 172 valence electrons. The van der Waals surface area contributed by atoms with Gasteiger partial charge in [0.25, 0.3) is 0 Å². The summed E-state index contributed by atoms with van der Waals surface area (Å²) in [7, 11) is 0. The van der Waals surface area contributed by atoms with E-state index in [2.05, 4.69) is 6.58 Å². The van der Waals surface area contributed by atoms with Crippen LogP contribution in [0.5, 0.6) is 0 Å². The highest BCUT2D eigenvalue weighted by Gasteiger charge is 2.02. The van der Waals surface area contributed by atoms with Gasteiger partial charge in [-0.3, -0.25) is 0 Å². The van der Waals surface area contributed by atoms with E-state index >= 15 is 0 Å². The van der Waals surface area contributed by atoms with Crippen LogP contribution < -0.4 is 5.73 Å². The Morgan fingerprint density at radius 2 is 1.10 bits per heavy atom. The van der Waals surface area contributed by atoms with Crippen molar-refractivity contribution in [1.29, 1.82) is 0 Å². The number of nitrogens with two attached hydrogens (primary N) is 1. The fourth-order valence-electron chi connectivity index (χ4n) is 3.54. The summed E-state index contributed by atoms with van der Waals surface area (Å²) in [4.78, 5) is 11.2. The zero-order valence-corrected chi connectivity index (χ0v) is 19.3. The fraction of sp³-hybridized carbons (Fsp3) is 0.880. The van der Waals surface area contributed by atoms with Crippen molar-refractivity contribution in [3.05, 3.63) is 12.2 Å². The van der Waals surface area contributed by atoms with Gasteiger partial charge in [-0.2, -0.15) is 0 Å². The number of hydrogen-bond donors (Lipinski definition) is 2. The predicted octanol–water partition coefficient (Wildman–Crippen LogP) is 6.45. The summed E-state index contributed by atoms with van der Waals surface area (Å²) < 4.78 is 5.09. The maximum absolute atomic E-state index is 11.2. The molecular formula is C25H49NO3. The number of ether oxygens (including phenoxy) is 1. The number of rotatable bonds is 22. The Balaban J connectivity index is 3.08. The Morgan fingerprint density at radius 3 is 1.45 bits per heavy atom. The first-order valence-corrected chi connectivity index (χ1v) is 12.3. The molecule has 0 aliphatic rings. The average molecular weight is 412 g/mol. The first-order valence-electron chi connectivity index (χ1n) is 12.3. The molecule has 4 nitrogen and oxygen atoms in total. The number of carbonyl (C=O) groups is 1. The van der Waals surface area contributed by atoms with E-state index in [1.165, 1.54) is 89.9 Å². The first kappa shape index (κ1) is 28.1. The Morgan fingerprint density at radius 1 is 0.759 bits per heavy atom. The minimum absolute atomic E-state index is 0.263. The van der Waals surface area contributed by atoms with Gasteiger partial charge in [-0.1, -0.05) is 109 Å². The van der Waals surface area contributed by atoms with Crippen molar-refractivity contribution in [1.82, 2.24) is 0 Å². The second kappa shape index (κ2) is 21.8. The van der Waals surface area contributed by atoms with Crippen LogP contribution in [0.1, 0.15) is 122 Å². The van der Waals surface area contributed by atoms with Crippen LogP contribution in [-0.4, -0.2) is 30.3 Å². The van der Waals surface area contributed by atoms with Crippen molar-refractivity contribution in [2.24, 2.45) is 5.73 Å². The standard InChI is InChI=1S/C25H49NO3/c1-23(2)25(28)29-21-19-17-15-13-11-9-7-5-3-4-6-8-10-12-14-16-18-20-24(27)22-26/h24,27H,1,3-22,26H2,2H3. The normalized spacial score (nSPS) is 12.1. The predicted molar refractivity (Wildman–Crippen MR) is 124 cm³/mol. The molecule has 29 heavy (non-hydrogen) atoms. The summed E-state index contributed by atoms with van der Waals surface area (Å²) in [5.41, 5.74) is 5.89. The van der Waals surface area contributed by atoms with Gasteiger partial charge < -0.3 is 15.6 Å². The molecule has 0 aromatic carbocycles. The number of aliphatic hydroxyl groups excluding tert-OH is 1. The van der Waals surface area contributed by atoms with Gasteiger partial charge in [0.15, 0.2) is 0 Å². The minimum atomic E-state index is -0.292. The number of carbonyl (C=O) groups excluding carboxylic acids is 1. The van der Waals surface area contributed by atoms with Crippen molar-refractivity contribution in [3.63, 3.8) is 0 Å². The third kappa shape index (κ3) is 21.7. The van der Waals surface area contributed by atoms with Crippen LogP contribution in [-0.2, 0) is 9.53 Å². The van der Waals surface area contributed by atoms with Crippen molar-refractivity contribution in [2.75, 3.05) is 13.2 Å². The zero-order valence-electron chi connectivity index (χ0n) is 19.3. The molecule has 4 heteroatoms. The molecule has 0 rings (SSSR count). The highest BCUT2D eigenvalue weighted by Crippen LogP contribution is 2.14. The molecule has 0 aliphatic heterocycles. The maximum atomic E-state index is 11.2. The Hall–Kier alpha value is -0.870. The Kier molecular flexibility index (Phi) is 21.2. The highest BCUT2D eigenvalue weighted by molar-refractivity contribution is 5.86. The molecule has 0 amide bonds. The van der Waals surface area contributed by atoms with Crippen LogP contribution in [0.4, 0.5) is 0 Å². The lowest BCUT2D eigenvalue weighted by molar-refractivity contribution is -0.139. The molecule has 1 atom stereocenters. The van der Waals surface area contributed by atoms with Crippen LogP contribution in [0.3, 0.4) is 0 Å². The van der Waals surface area contributed by atoms with Gasteiger partial charge in [-0.05, 0) is 19.8 Å². The quantitative estimate of drug-likeness (QED) is 0.122. The van der Waals surface area contributed by atoms with Gasteiger partial charge in [0, 0.05) is 12.1 Å². The third-order valence-electron chi connectivity index (χ3n) is 5.54. The summed E-state index contributed by atoms with van der Waals surface area (Å²) in [6, 6.07) is 0. The molecule has 0 radical (unpaired) electrons. The number of aliphatic hydroxyl groups is 1. The van der Waals surface area contributed by atoms with Crippen molar-refractivity contribution in [3.8, 4) is 0 Å². The van der Waals surface area contributed by atoms with Gasteiger partial charge in [-0.25, -0.2) is 4.79 Å². The molecule has 3 N–H and O–H groups in total. The molecule has 0 bridgehead atoms. The van der Waals surface area contributed by atoms with E-state index in [0.717, 1.165) is 25.7 Å². The summed E-state index contributed by atoms with van der Waals surface area (Å²) >= 11 is 0. The molecule has 0 saturated heterocycles. The fourth-order valence-corrected chi connectivity index (χ4v) is 3.54. The average Bonchev–Trinajstić information content (AvgIpc) is 2.71. The van der Waals surface area contributed by atoms with Crippen LogP contribution in [0.2, 0.25) is 0 Å². The lowest BCUT2D eigenvalue weighted by atomic mass is 10.0. The first-order chi connectivity index (χ1) is 14.1. The monoisotopic (exact) mass is 411 g/mol. The Labute approximate surface area is 180 Å². The lowest BCUT2D eigenvalue weighted by Gasteiger charge is -2.06. The smallest absolute Gasteiger partial charge is 0.333 e. The largest absolute Gasteiger partial charge is 0.462 e. The van der Waals surface area contributed by atoms with Gasteiger partial charge in [0.2, 0.25) is 0 Å². The molecule has 0 aliphatic carbocycles. The van der Waals surface area contributed by atoms with Crippen molar-refractivity contribution < 1.29 is 14.6 Å². The highest BCUT2D eigenvalue weighted by atomic mass is 16.5. The topological polar surface area (TPSA) is 72.5 Å². The van der Waals surface area contributed by atoms with Gasteiger partial charge in [0.05, 0.1) is 12.7 Å². The minimum Gasteiger partial charge on any atom is -0.462 e. The van der Waals surface area contributed by atoms with Crippen molar-refractivity contribution in [2.45, 2.75) is 129 Å². The van der Waals surface area contributed by atoms with Crippen molar-refractivity contribution >= 4 is 5.97 Å². The second-order valence-electron chi connectivity index (χ2n) is 8.60. The van der Waals surface area contributed by atoms with Crippen LogP contribution >= 0.6 is 0 Å². The van der Waals surface area contributed by atoms with Crippen LogP contribution in [0.25, 0.3) is 0 Å². The SMILES string of the molecule is C=C(C)C(=O)OCCCCCCCCCCCCCCCCCCCC(O)CN. The van der Waals surface area contributed by atoms with E-state index in [9.17, 15) is 9.90 Å². The molecule has 0 saturated carbocycles. The second-order valence-corrected chi connectivity index (χ2v) is 8.60. The summed E-state index contributed by atoms with van der Waals surface area (Å²) in [5.74, 6) is -0.263. The number of esters is 1. The van der Waals surface area contributed by atoms with E-state index in [1.807, 2.05) is 0 Å². The molecule has 1 unspecified atom stereocenters. The number of hydrogen-bond acceptors (Lipinski definition) is 4. The van der Waals surface area contributed by atoms with Gasteiger partial charge in [-0.15, -0.1) is 0 Å². The van der Waals surface area contributed by atoms with Gasteiger partial charge >= 0.3 is 5.97 Å². The third-order valence-corrected chi connectivity index (χ3v) is 5.54. The lowest BCUT2D eigenvalue weighted by Crippen LogP contribution is -2.19. The molecule has 0 aromatic heterocycles. The number of unbranched alkanes of at least 4 members (excludes halogenated alkanes) is 16. The zero-order chi connectivity index (χ0) is 21.6.